The Labute approximate surface area is 160 Å². The predicted molar refractivity (Wildman–Crippen MR) is 92.3 cm³/mol. The summed E-state index contributed by atoms with van der Waals surface area (Å²) in [5, 5.41) is 6.53. The van der Waals surface area contributed by atoms with E-state index in [-0.39, 0.29) is 28.4 Å². The van der Waals surface area contributed by atoms with E-state index in [1.165, 1.54) is 24.0 Å². The molecule has 0 atom stereocenters. The Morgan fingerprint density at radius 1 is 1.21 bits per heavy atom. The molecule has 1 N–H and O–H groups in total. The lowest BCUT2D eigenvalue weighted by molar-refractivity contribution is -0.154. The summed E-state index contributed by atoms with van der Waals surface area (Å²) in [5.74, 6) is -2.59. The van der Waals surface area contributed by atoms with Crippen molar-refractivity contribution in [2.75, 3.05) is 11.9 Å². The maximum Gasteiger partial charge on any atom is 0.422 e. The highest BCUT2D eigenvalue weighted by Gasteiger charge is 2.28. The van der Waals surface area contributed by atoms with Gasteiger partial charge in [-0.15, -0.1) is 0 Å². The van der Waals surface area contributed by atoms with Crippen molar-refractivity contribution in [2.45, 2.75) is 6.18 Å². The van der Waals surface area contributed by atoms with Crippen LogP contribution in [0.5, 0.6) is 5.88 Å². The van der Waals surface area contributed by atoms with Gasteiger partial charge >= 0.3 is 6.18 Å². The molecule has 0 spiro atoms. The largest absolute Gasteiger partial charge is 0.468 e. The number of rotatable bonds is 5. The van der Waals surface area contributed by atoms with Gasteiger partial charge in [-0.25, -0.2) is 13.8 Å². The first-order valence-corrected chi connectivity index (χ1v) is 8.08. The average Bonchev–Trinajstić information content (AvgIpc) is 3.02. The number of alkyl halides is 3. The van der Waals surface area contributed by atoms with Gasteiger partial charge in [-0.1, -0.05) is 0 Å². The number of aryl methyl sites for hydroxylation is 1. The molecule has 3 aromatic rings. The molecule has 0 saturated heterocycles. The van der Waals surface area contributed by atoms with Crippen LogP contribution in [0, 0.1) is 11.6 Å². The molecule has 11 heteroatoms. The van der Waals surface area contributed by atoms with Crippen molar-refractivity contribution in [1.82, 2.24) is 14.8 Å². The zero-order valence-corrected chi connectivity index (χ0v) is 14.8. The summed E-state index contributed by atoms with van der Waals surface area (Å²) in [6.07, 6.45) is -2.04. The zero-order valence-electron chi connectivity index (χ0n) is 14.8. The van der Waals surface area contributed by atoms with Crippen LogP contribution in [-0.4, -0.2) is 33.5 Å². The maximum atomic E-state index is 14.1. The van der Waals surface area contributed by atoms with Gasteiger partial charge < -0.3 is 10.1 Å². The summed E-state index contributed by atoms with van der Waals surface area (Å²) in [6.45, 7) is -1.49. The van der Waals surface area contributed by atoms with E-state index in [1.54, 1.807) is 0 Å². The first-order valence-electron chi connectivity index (χ1n) is 8.08. The molecule has 29 heavy (non-hydrogen) atoms. The fourth-order valence-corrected chi connectivity index (χ4v) is 2.43. The second kappa shape index (κ2) is 7.86. The van der Waals surface area contributed by atoms with Crippen LogP contribution in [-0.2, 0) is 7.05 Å². The van der Waals surface area contributed by atoms with Crippen molar-refractivity contribution < 1.29 is 31.5 Å². The highest BCUT2D eigenvalue weighted by atomic mass is 19.4. The van der Waals surface area contributed by atoms with E-state index in [2.05, 4.69) is 20.1 Å². The molecule has 0 saturated carbocycles. The lowest BCUT2D eigenvalue weighted by Gasteiger charge is -2.09. The van der Waals surface area contributed by atoms with Crippen LogP contribution >= 0.6 is 0 Å². The lowest BCUT2D eigenvalue weighted by atomic mass is 10.1. The SMILES string of the molecule is Cn1cc(C(=O)Nc2ccc(OCC(F)(F)F)nc2)c(-c2ccc(F)cc2F)n1. The van der Waals surface area contributed by atoms with Gasteiger partial charge in [0, 0.05) is 30.9 Å². The van der Waals surface area contributed by atoms with E-state index in [0.29, 0.717) is 6.07 Å². The van der Waals surface area contributed by atoms with Crippen molar-refractivity contribution in [1.29, 1.82) is 0 Å². The number of hydrogen-bond donors (Lipinski definition) is 1. The molecular weight excluding hydrogens is 399 g/mol. The van der Waals surface area contributed by atoms with Gasteiger partial charge in [0.2, 0.25) is 5.88 Å². The van der Waals surface area contributed by atoms with E-state index in [4.69, 9.17) is 0 Å². The van der Waals surface area contributed by atoms with E-state index in [0.717, 1.165) is 24.4 Å². The first kappa shape index (κ1) is 20.2. The average molecular weight is 412 g/mol. The number of nitrogens with zero attached hydrogens (tertiary/aromatic N) is 3. The fraction of sp³-hybridized carbons (Fsp3) is 0.167. The summed E-state index contributed by atoms with van der Waals surface area (Å²) in [4.78, 5) is 16.3. The van der Waals surface area contributed by atoms with Gasteiger partial charge in [0.1, 0.15) is 17.3 Å². The lowest BCUT2D eigenvalue weighted by Crippen LogP contribution is -2.19. The molecule has 6 nitrogen and oxygen atoms in total. The van der Waals surface area contributed by atoms with Crippen molar-refractivity contribution in [3.8, 4) is 17.1 Å². The number of carbonyl (C=O) groups excluding carboxylic acids is 1. The Balaban J connectivity index is 1.78. The Morgan fingerprint density at radius 2 is 1.97 bits per heavy atom. The van der Waals surface area contributed by atoms with Crippen LogP contribution in [0.2, 0.25) is 0 Å². The van der Waals surface area contributed by atoms with Crippen LogP contribution in [0.25, 0.3) is 11.3 Å². The number of amides is 1. The van der Waals surface area contributed by atoms with Crippen molar-refractivity contribution in [2.24, 2.45) is 7.05 Å². The van der Waals surface area contributed by atoms with Crippen molar-refractivity contribution >= 4 is 11.6 Å². The Hall–Kier alpha value is -3.50. The van der Waals surface area contributed by atoms with E-state index >= 15 is 0 Å². The number of aromatic nitrogens is 3. The molecule has 0 aliphatic rings. The summed E-state index contributed by atoms with van der Waals surface area (Å²) in [5.41, 5.74) is 0.117. The van der Waals surface area contributed by atoms with Gasteiger partial charge in [-0.3, -0.25) is 9.48 Å². The molecule has 0 bridgehead atoms. The van der Waals surface area contributed by atoms with Crippen molar-refractivity contribution in [3.63, 3.8) is 0 Å². The summed E-state index contributed by atoms with van der Waals surface area (Å²) < 4.78 is 69.4. The molecule has 0 radical (unpaired) electrons. The van der Waals surface area contributed by atoms with Crippen LogP contribution < -0.4 is 10.1 Å². The monoisotopic (exact) mass is 412 g/mol. The second-order valence-corrected chi connectivity index (χ2v) is 5.93. The molecule has 0 unspecified atom stereocenters. The minimum atomic E-state index is -4.50. The minimum Gasteiger partial charge on any atom is -0.468 e. The topological polar surface area (TPSA) is 69.0 Å². The number of halogens is 5. The molecular formula is C18H13F5N4O2. The summed E-state index contributed by atoms with van der Waals surface area (Å²) in [7, 11) is 1.52. The third kappa shape index (κ3) is 5.06. The number of carbonyl (C=O) groups is 1. The molecule has 152 valence electrons. The van der Waals surface area contributed by atoms with Crippen molar-refractivity contribution in [3.05, 3.63) is 59.9 Å². The van der Waals surface area contributed by atoms with Gasteiger partial charge in [0.25, 0.3) is 5.91 Å². The van der Waals surface area contributed by atoms with Crippen LogP contribution in [0.4, 0.5) is 27.6 Å². The smallest absolute Gasteiger partial charge is 0.422 e. The van der Waals surface area contributed by atoms with Gasteiger partial charge in [-0.2, -0.15) is 18.3 Å². The number of ether oxygens (including phenoxy) is 1. The zero-order chi connectivity index (χ0) is 21.2. The highest BCUT2D eigenvalue weighted by molar-refractivity contribution is 6.08. The summed E-state index contributed by atoms with van der Waals surface area (Å²) in [6, 6.07) is 5.34. The normalized spacial score (nSPS) is 11.4. The quantitative estimate of drug-likeness (QED) is 0.645. The number of pyridine rings is 1. The Bertz CT molecular complexity index is 1030. The molecule has 3 rings (SSSR count). The molecule has 0 fully saturated rings. The summed E-state index contributed by atoms with van der Waals surface area (Å²) >= 11 is 0. The highest BCUT2D eigenvalue weighted by Crippen LogP contribution is 2.26. The maximum absolute atomic E-state index is 14.1. The molecule has 1 aromatic carbocycles. The second-order valence-electron chi connectivity index (χ2n) is 5.93. The number of anilines is 1. The Morgan fingerprint density at radius 3 is 2.59 bits per heavy atom. The van der Waals surface area contributed by atoms with Gasteiger partial charge in [0.15, 0.2) is 6.61 Å². The minimum absolute atomic E-state index is 0.000546. The van der Waals surface area contributed by atoms with Crippen LogP contribution in [0.3, 0.4) is 0 Å². The number of hydrogen-bond acceptors (Lipinski definition) is 4. The first-order chi connectivity index (χ1) is 13.6. The predicted octanol–water partition coefficient (Wildman–Crippen LogP) is 3.95. The molecule has 1 amide bonds. The van der Waals surface area contributed by atoms with E-state index in [9.17, 15) is 26.7 Å². The number of benzene rings is 1. The molecule has 2 aromatic heterocycles. The molecule has 2 heterocycles. The molecule has 0 aliphatic carbocycles. The number of nitrogens with one attached hydrogen (secondary N) is 1. The standard InChI is InChI=1S/C18H13F5N4O2/c1-27-8-13(16(26-27)12-4-2-10(19)6-14(12)20)17(28)25-11-3-5-15(24-7-11)29-9-18(21,22)23/h2-8H,9H2,1H3,(H,25,28). The third-order valence-electron chi connectivity index (χ3n) is 3.64. The van der Waals surface area contributed by atoms with E-state index in [1.807, 2.05) is 0 Å². The molecule has 0 aliphatic heterocycles. The third-order valence-corrected chi connectivity index (χ3v) is 3.64. The van der Waals surface area contributed by atoms with E-state index < -0.39 is 30.3 Å². The fourth-order valence-electron chi connectivity index (χ4n) is 2.43. The van der Waals surface area contributed by atoms with Crippen LogP contribution in [0.15, 0.2) is 42.7 Å². The van der Waals surface area contributed by atoms with Crippen LogP contribution in [0.1, 0.15) is 10.4 Å². The van der Waals surface area contributed by atoms with Gasteiger partial charge in [0.05, 0.1) is 17.4 Å². The van der Waals surface area contributed by atoms with Gasteiger partial charge in [-0.05, 0) is 18.2 Å². The Kier molecular flexibility index (Phi) is 5.48.